The fourth-order valence-corrected chi connectivity index (χ4v) is 3.12. The molecule has 4 heterocycles. The second-order valence-corrected chi connectivity index (χ2v) is 6.74. The molecule has 0 aromatic carbocycles. The van der Waals surface area contributed by atoms with Crippen LogP contribution < -0.4 is 15.4 Å². The number of methoxy groups -OCH3 is 1. The van der Waals surface area contributed by atoms with E-state index < -0.39 is 0 Å². The summed E-state index contributed by atoms with van der Waals surface area (Å²) in [6, 6.07) is 1.94. The van der Waals surface area contributed by atoms with E-state index in [9.17, 15) is 4.79 Å². The Bertz CT molecular complexity index is 863. The number of fused-ring (bicyclic) bond motifs is 1. The van der Waals surface area contributed by atoms with Gasteiger partial charge in [-0.3, -0.25) is 4.79 Å². The zero-order valence-corrected chi connectivity index (χ0v) is 17.7. The van der Waals surface area contributed by atoms with Gasteiger partial charge in [-0.25, -0.2) is 19.9 Å². The van der Waals surface area contributed by atoms with E-state index in [1.807, 2.05) is 20.0 Å². The smallest absolute Gasteiger partial charge is 0.222 e. The minimum absolute atomic E-state index is 0.550. The van der Waals surface area contributed by atoms with Gasteiger partial charge in [0.25, 0.3) is 0 Å². The van der Waals surface area contributed by atoms with Crippen LogP contribution in [0.3, 0.4) is 0 Å². The third-order valence-corrected chi connectivity index (χ3v) is 4.73. The Balaban J connectivity index is 0.000000247. The average Bonchev–Trinajstić information content (AvgIpc) is 3.47. The van der Waals surface area contributed by atoms with Crippen LogP contribution in [0, 0.1) is 0 Å². The Kier molecular flexibility index (Phi) is 9.73. The fourth-order valence-electron chi connectivity index (χ4n) is 2.35. The van der Waals surface area contributed by atoms with Gasteiger partial charge in [0.15, 0.2) is 5.13 Å². The number of hydrogen-bond acceptors (Lipinski definition) is 9. The zero-order chi connectivity index (χ0) is 20.9. The number of nitrogens with zero attached hydrogens (tertiary/aromatic N) is 4. The van der Waals surface area contributed by atoms with E-state index >= 15 is 0 Å². The van der Waals surface area contributed by atoms with Gasteiger partial charge in [-0.2, -0.15) is 0 Å². The molecule has 3 aromatic heterocycles. The van der Waals surface area contributed by atoms with Gasteiger partial charge in [0.1, 0.15) is 16.7 Å². The highest BCUT2D eigenvalue weighted by molar-refractivity contribution is 7.21. The van der Waals surface area contributed by atoms with E-state index in [-0.39, 0.29) is 0 Å². The molecule has 29 heavy (non-hydrogen) atoms. The van der Waals surface area contributed by atoms with Crippen LogP contribution in [0.2, 0.25) is 0 Å². The second kappa shape index (κ2) is 12.6. The van der Waals surface area contributed by atoms with Gasteiger partial charge in [0, 0.05) is 50.3 Å². The first-order valence-corrected chi connectivity index (χ1v) is 10.1. The van der Waals surface area contributed by atoms with E-state index in [1.54, 1.807) is 19.5 Å². The summed E-state index contributed by atoms with van der Waals surface area (Å²) >= 11 is 1.49. The molecule has 156 valence electrons. The summed E-state index contributed by atoms with van der Waals surface area (Å²) < 4.78 is 10.3. The Morgan fingerprint density at radius 1 is 1.24 bits per heavy atom. The molecule has 1 aliphatic heterocycles. The predicted molar refractivity (Wildman–Crippen MR) is 114 cm³/mol. The van der Waals surface area contributed by atoms with Gasteiger partial charge < -0.3 is 20.1 Å². The number of nitrogens with one attached hydrogen (secondary N) is 2. The molecule has 1 fully saturated rings. The monoisotopic (exact) mass is 418 g/mol. The lowest BCUT2D eigenvalue weighted by Crippen LogP contribution is -2.07. The molecule has 0 radical (unpaired) electrons. The molecule has 0 bridgehead atoms. The maximum absolute atomic E-state index is 9.29. The number of ether oxygens (including phenoxy) is 2. The largest absolute Gasteiger partial charge is 0.481 e. The lowest BCUT2D eigenvalue weighted by molar-refractivity contribution is -0.109. The van der Waals surface area contributed by atoms with Gasteiger partial charge in [-0.1, -0.05) is 11.3 Å². The van der Waals surface area contributed by atoms with Gasteiger partial charge >= 0.3 is 0 Å². The number of amides is 1. The van der Waals surface area contributed by atoms with Crippen molar-refractivity contribution in [3.63, 3.8) is 0 Å². The summed E-state index contributed by atoms with van der Waals surface area (Å²) in [5, 5.41) is 6.27. The minimum Gasteiger partial charge on any atom is -0.481 e. The number of pyridine rings is 1. The van der Waals surface area contributed by atoms with Crippen molar-refractivity contribution in [1.29, 1.82) is 0 Å². The Morgan fingerprint density at radius 3 is 2.45 bits per heavy atom. The molecule has 3 aromatic rings. The molecule has 0 saturated carbocycles. The number of aromatic nitrogens is 4. The quantitative estimate of drug-likeness (QED) is 0.609. The first-order chi connectivity index (χ1) is 14.2. The number of anilines is 1. The van der Waals surface area contributed by atoms with E-state index in [0.29, 0.717) is 12.3 Å². The minimum atomic E-state index is 0.550. The Hall–Kier alpha value is -2.85. The Labute approximate surface area is 173 Å². The number of carbonyl (C=O) groups excluding carboxylic acids is 1. The van der Waals surface area contributed by atoms with Crippen molar-refractivity contribution in [1.82, 2.24) is 25.3 Å². The number of rotatable bonds is 5. The summed E-state index contributed by atoms with van der Waals surface area (Å²) in [6.45, 7) is 4.60. The molecule has 0 spiro atoms. The van der Waals surface area contributed by atoms with Gasteiger partial charge in [-0.05, 0) is 25.8 Å². The first-order valence-electron chi connectivity index (χ1n) is 9.26. The van der Waals surface area contributed by atoms with Crippen molar-refractivity contribution >= 4 is 33.2 Å². The molecular formula is C19H26N6O3S. The summed E-state index contributed by atoms with van der Waals surface area (Å²) in [6.07, 6.45) is 8.18. The number of hydrogen-bond donors (Lipinski definition) is 2. The maximum atomic E-state index is 9.29. The topological polar surface area (TPSA) is 111 Å². The number of thiazole rings is 1. The van der Waals surface area contributed by atoms with E-state index in [0.717, 1.165) is 46.4 Å². The molecule has 1 aliphatic rings. The van der Waals surface area contributed by atoms with Crippen molar-refractivity contribution in [3.05, 3.63) is 24.8 Å². The zero-order valence-electron chi connectivity index (χ0n) is 16.8. The van der Waals surface area contributed by atoms with Crippen LogP contribution >= 0.6 is 11.3 Å². The standard InChI is InChI=1S/C12H11N5OS.C4H8O.C3H7NO/c1-13-12-16-9-3-8(7-4-14-6-15-5-7)10(18-2)17-11(9)19-12;1-2-4-5-3-1;1-2-4-3-5/h3-6H,1-2H3,(H,13,16);1-4H2;3H,2H2,1H3,(H,4,5). The van der Waals surface area contributed by atoms with Crippen LogP contribution in [0.4, 0.5) is 5.13 Å². The second-order valence-electron chi connectivity index (χ2n) is 5.76. The average molecular weight is 419 g/mol. The molecule has 1 saturated heterocycles. The van der Waals surface area contributed by atoms with Crippen molar-refractivity contribution in [2.24, 2.45) is 0 Å². The van der Waals surface area contributed by atoms with Crippen LogP contribution in [0.25, 0.3) is 21.5 Å². The third-order valence-electron chi connectivity index (χ3n) is 3.74. The summed E-state index contributed by atoms with van der Waals surface area (Å²) in [4.78, 5) is 27.1. The highest BCUT2D eigenvalue weighted by Crippen LogP contribution is 2.33. The van der Waals surface area contributed by atoms with Gasteiger partial charge in [0.2, 0.25) is 12.3 Å². The van der Waals surface area contributed by atoms with Gasteiger partial charge in [0.05, 0.1) is 7.11 Å². The summed E-state index contributed by atoms with van der Waals surface area (Å²) in [5.74, 6) is 0.550. The summed E-state index contributed by atoms with van der Waals surface area (Å²) in [5.41, 5.74) is 2.52. The molecule has 1 amide bonds. The fraction of sp³-hybridized carbons (Fsp3) is 0.421. The lowest BCUT2D eigenvalue weighted by atomic mass is 10.1. The van der Waals surface area contributed by atoms with Crippen molar-refractivity contribution in [3.8, 4) is 17.0 Å². The SMILES string of the molecule is C1CCOC1.CCNC=O.CNc1nc2cc(-c3cncnc3)c(OC)nc2s1. The third kappa shape index (κ3) is 6.91. The highest BCUT2D eigenvalue weighted by atomic mass is 32.1. The van der Waals surface area contributed by atoms with Crippen molar-refractivity contribution in [2.45, 2.75) is 19.8 Å². The van der Waals surface area contributed by atoms with Crippen LogP contribution in [0.1, 0.15) is 19.8 Å². The molecule has 0 atom stereocenters. The van der Waals surface area contributed by atoms with Crippen LogP contribution in [-0.2, 0) is 9.53 Å². The van der Waals surface area contributed by atoms with E-state index in [4.69, 9.17) is 9.47 Å². The molecule has 0 aliphatic carbocycles. The van der Waals surface area contributed by atoms with Crippen molar-refractivity contribution < 1.29 is 14.3 Å². The molecule has 2 N–H and O–H groups in total. The first kappa shape index (κ1) is 22.4. The molecular weight excluding hydrogens is 392 g/mol. The van der Waals surface area contributed by atoms with Crippen LogP contribution in [0.15, 0.2) is 24.8 Å². The van der Waals surface area contributed by atoms with Crippen LogP contribution in [0.5, 0.6) is 5.88 Å². The maximum Gasteiger partial charge on any atom is 0.222 e. The van der Waals surface area contributed by atoms with Crippen LogP contribution in [-0.4, -0.2) is 60.3 Å². The normalized spacial score (nSPS) is 12.2. The molecule has 0 unspecified atom stereocenters. The highest BCUT2D eigenvalue weighted by Gasteiger charge is 2.13. The van der Waals surface area contributed by atoms with Gasteiger partial charge in [-0.15, -0.1) is 0 Å². The Morgan fingerprint density at radius 2 is 1.97 bits per heavy atom. The molecule has 4 rings (SSSR count). The predicted octanol–water partition coefficient (Wildman–Crippen LogP) is 2.75. The summed E-state index contributed by atoms with van der Waals surface area (Å²) in [7, 11) is 3.43. The molecule has 9 nitrogen and oxygen atoms in total. The van der Waals surface area contributed by atoms with E-state index in [2.05, 4.69) is 30.6 Å². The lowest BCUT2D eigenvalue weighted by Gasteiger charge is -2.06. The van der Waals surface area contributed by atoms with E-state index in [1.165, 1.54) is 30.5 Å². The number of carbonyl (C=O) groups is 1. The van der Waals surface area contributed by atoms with Crippen molar-refractivity contribution in [2.75, 3.05) is 39.2 Å². The molecule has 10 heteroatoms.